The SMILES string of the molecule is COC(=O)c1coc(C2CC2(F)F)n1. The number of aromatic nitrogens is 1. The Labute approximate surface area is 77.9 Å². The van der Waals surface area contributed by atoms with Crippen molar-refractivity contribution < 1.29 is 22.7 Å². The molecule has 6 heteroatoms. The predicted molar refractivity (Wildman–Crippen MR) is 40.1 cm³/mol. The number of methoxy groups -OCH3 is 1. The van der Waals surface area contributed by atoms with Gasteiger partial charge in [-0.1, -0.05) is 0 Å². The number of alkyl halides is 2. The van der Waals surface area contributed by atoms with Gasteiger partial charge in [-0.05, 0) is 0 Å². The Kier molecular flexibility index (Phi) is 1.80. The van der Waals surface area contributed by atoms with Crippen LogP contribution in [0.5, 0.6) is 0 Å². The van der Waals surface area contributed by atoms with Crippen LogP contribution in [0.15, 0.2) is 10.7 Å². The van der Waals surface area contributed by atoms with Gasteiger partial charge in [-0.3, -0.25) is 0 Å². The first-order valence-corrected chi connectivity index (χ1v) is 3.96. The molecule has 0 spiro atoms. The summed E-state index contributed by atoms with van der Waals surface area (Å²) in [4.78, 5) is 14.5. The van der Waals surface area contributed by atoms with E-state index in [2.05, 4.69) is 9.72 Å². The summed E-state index contributed by atoms with van der Waals surface area (Å²) in [6.07, 6.45) is 0.754. The molecule has 14 heavy (non-hydrogen) atoms. The average molecular weight is 203 g/mol. The molecule has 1 atom stereocenters. The second-order valence-electron chi connectivity index (χ2n) is 3.08. The van der Waals surface area contributed by atoms with Crippen molar-refractivity contribution in [3.63, 3.8) is 0 Å². The fourth-order valence-corrected chi connectivity index (χ4v) is 1.13. The van der Waals surface area contributed by atoms with Crippen LogP contribution in [0.25, 0.3) is 0 Å². The molecule has 0 bridgehead atoms. The van der Waals surface area contributed by atoms with Gasteiger partial charge >= 0.3 is 5.97 Å². The van der Waals surface area contributed by atoms with Crippen molar-refractivity contribution in [2.75, 3.05) is 7.11 Å². The number of ether oxygens (including phenoxy) is 1. The van der Waals surface area contributed by atoms with E-state index in [0.717, 1.165) is 6.26 Å². The lowest BCUT2D eigenvalue weighted by molar-refractivity contribution is 0.0593. The van der Waals surface area contributed by atoms with Crippen LogP contribution < -0.4 is 0 Å². The van der Waals surface area contributed by atoms with Crippen molar-refractivity contribution in [1.82, 2.24) is 4.98 Å². The number of hydrogen-bond acceptors (Lipinski definition) is 4. The van der Waals surface area contributed by atoms with Crippen LogP contribution in [-0.4, -0.2) is 24.0 Å². The summed E-state index contributed by atoms with van der Waals surface area (Å²) in [5.41, 5.74) is -0.0785. The van der Waals surface area contributed by atoms with Crippen LogP contribution in [0.1, 0.15) is 28.7 Å². The zero-order valence-corrected chi connectivity index (χ0v) is 7.29. The van der Waals surface area contributed by atoms with Crippen LogP contribution in [0.4, 0.5) is 8.78 Å². The molecule has 1 fully saturated rings. The highest BCUT2D eigenvalue weighted by Gasteiger charge is 2.60. The first kappa shape index (κ1) is 9.11. The Hall–Kier alpha value is -1.46. The van der Waals surface area contributed by atoms with Crippen LogP contribution in [0.3, 0.4) is 0 Å². The molecule has 0 amide bonds. The molecule has 0 radical (unpaired) electrons. The molecule has 1 heterocycles. The molecule has 1 aliphatic rings. The maximum atomic E-state index is 12.6. The highest BCUT2D eigenvalue weighted by atomic mass is 19.3. The Morgan fingerprint density at radius 2 is 2.43 bits per heavy atom. The third-order valence-corrected chi connectivity index (χ3v) is 2.04. The Balaban J connectivity index is 2.15. The smallest absolute Gasteiger partial charge is 0.360 e. The minimum absolute atomic E-state index is 0.0785. The molecule has 0 saturated heterocycles. The van der Waals surface area contributed by atoms with Gasteiger partial charge in [0, 0.05) is 6.42 Å². The second kappa shape index (κ2) is 2.76. The van der Waals surface area contributed by atoms with Crippen molar-refractivity contribution >= 4 is 5.97 Å². The Morgan fingerprint density at radius 1 is 1.79 bits per heavy atom. The lowest BCUT2D eigenvalue weighted by Crippen LogP contribution is -2.02. The van der Waals surface area contributed by atoms with E-state index in [1.165, 1.54) is 7.11 Å². The first-order valence-electron chi connectivity index (χ1n) is 3.96. The van der Waals surface area contributed by atoms with E-state index in [-0.39, 0.29) is 18.0 Å². The van der Waals surface area contributed by atoms with E-state index in [4.69, 9.17) is 4.42 Å². The van der Waals surface area contributed by atoms with Gasteiger partial charge < -0.3 is 9.15 Å². The number of nitrogens with zero attached hydrogens (tertiary/aromatic N) is 1. The molecule has 0 aliphatic heterocycles. The van der Waals surface area contributed by atoms with E-state index in [1.54, 1.807) is 0 Å². The lowest BCUT2D eigenvalue weighted by Gasteiger charge is -1.91. The maximum absolute atomic E-state index is 12.6. The number of carbonyl (C=O) groups excluding carboxylic acids is 1. The summed E-state index contributed by atoms with van der Waals surface area (Å²) in [6.45, 7) is 0. The molecule has 4 nitrogen and oxygen atoms in total. The van der Waals surface area contributed by atoms with E-state index >= 15 is 0 Å². The van der Waals surface area contributed by atoms with Crippen LogP contribution >= 0.6 is 0 Å². The summed E-state index contributed by atoms with van der Waals surface area (Å²) in [7, 11) is 1.18. The molecule has 1 saturated carbocycles. The fraction of sp³-hybridized carbons (Fsp3) is 0.500. The van der Waals surface area contributed by atoms with E-state index in [0.29, 0.717) is 0 Å². The third kappa shape index (κ3) is 1.36. The topological polar surface area (TPSA) is 52.3 Å². The Morgan fingerprint density at radius 3 is 2.93 bits per heavy atom. The van der Waals surface area contributed by atoms with Gasteiger partial charge in [0.15, 0.2) is 5.69 Å². The molecular weight excluding hydrogens is 196 g/mol. The lowest BCUT2D eigenvalue weighted by atomic mass is 10.4. The standard InChI is InChI=1S/C8H7F2NO3/c1-13-7(12)5-3-14-6(11-5)4-2-8(4,9)10/h3-4H,2H2,1H3. The zero-order chi connectivity index (χ0) is 10.3. The van der Waals surface area contributed by atoms with Crippen LogP contribution in [0, 0.1) is 0 Å². The molecule has 1 unspecified atom stereocenters. The minimum Gasteiger partial charge on any atom is -0.464 e. The number of halogens is 2. The maximum Gasteiger partial charge on any atom is 0.360 e. The number of esters is 1. The summed E-state index contributed by atoms with van der Waals surface area (Å²) in [5, 5.41) is 0. The summed E-state index contributed by atoms with van der Waals surface area (Å²) in [6, 6.07) is 0. The summed E-state index contributed by atoms with van der Waals surface area (Å²) in [5.74, 6) is -4.52. The van der Waals surface area contributed by atoms with Gasteiger partial charge in [0.2, 0.25) is 5.89 Å². The monoisotopic (exact) mass is 203 g/mol. The number of carbonyl (C=O) groups is 1. The van der Waals surface area contributed by atoms with Gasteiger partial charge in [0.1, 0.15) is 12.2 Å². The summed E-state index contributed by atoms with van der Waals surface area (Å²) < 4.78 is 34.2. The van der Waals surface area contributed by atoms with Crippen LogP contribution in [0.2, 0.25) is 0 Å². The number of hydrogen-bond donors (Lipinski definition) is 0. The van der Waals surface area contributed by atoms with Gasteiger partial charge in [0.25, 0.3) is 5.92 Å². The number of rotatable bonds is 2. The second-order valence-corrected chi connectivity index (χ2v) is 3.08. The number of oxazole rings is 1. The van der Waals surface area contributed by atoms with E-state index < -0.39 is 17.8 Å². The van der Waals surface area contributed by atoms with Crippen molar-refractivity contribution in [2.45, 2.75) is 18.3 Å². The molecule has 2 rings (SSSR count). The van der Waals surface area contributed by atoms with E-state index in [9.17, 15) is 13.6 Å². The molecule has 1 aromatic heterocycles. The van der Waals surface area contributed by atoms with Gasteiger partial charge in [-0.25, -0.2) is 18.6 Å². The molecule has 76 valence electrons. The van der Waals surface area contributed by atoms with Crippen LogP contribution in [-0.2, 0) is 4.74 Å². The van der Waals surface area contributed by atoms with Crippen molar-refractivity contribution in [3.05, 3.63) is 17.8 Å². The van der Waals surface area contributed by atoms with Gasteiger partial charge in [-0.2, -0.15) is 0 Å². The first-order chi connectivity index (χ1) is 6.54. The Bertz CT molecular complexity index is 374. The largest absolute Gasteiger partial charge is 0.464 e. The molecule has 1 aliphatic carbocycles. The minimum atomic E-state index is -2.74. The molecule has 0 N–H and O–H groups in total. The van der Waals surface area contributed by atoms with Crippen molar-refractivity contribution in [1.29, 1.82) is 0 Å². The molecule has 0 aromatic carbocycles. The zero-order valence-electron chi connectivity index (χ0n) is 7.29. The molecular formula is C8H7F2NO3. The predicted octanol–water partition coefficient (Wildman–Crippen LogP) is 1.58. The van der Waals surface area contributed by atoms with Crippen molar-refractivity contribution in [3.8, 4) is 0 Å². The van der Waals surface area contributed by atoms with Gasteiger partial charge in [-0.15, -0.1) is 0 Å². The van der Waals surface area contributed by atoms with E-state index in [1.807, 2.05) is 0 Å². The normalized spacial score (nSPS) is 23.2. The van der Waals surface area contributed by atoms with Crippen molar-refractivity contribution in [2.24, 2.45) is 0 Å². The fourth-order valence-electron chi connectivity index (χ4n) is 1.13. The summed E-state index contributed by atoms with van der Waals surface area (Å²) >= 11 is 0. The average Bonchev–Trinajstić information content (AvgIpc) is 2.64. The van der Waals surface area contributed by atoms with Gasteiger partial charge in [0.05, 0.1) is 7.11 Å². The molecule has 1 aromatic rings. The third-order valence-electron chi connectivity index (χ3n) is 2.04. The highest BCUT2D eigenvalue weighted by molar-refractivity contribution is 5.86. The quantitative estimate of drug-likeness (QED) is 0.685. The highest BCUT2D eigenvalue weighted by Crippen LogP contribution is 2.55.